The van der Waals surface area contributed by atoms with Gasteiger partial charge in [0.05, 0.1) is 35.1 Å². The minimum absolute atomic E-state index is 0.254. The smallest absolute Gasteiger partial charge is 0.287 e. The van der Waals surface area contributed by atoms with E-state index in [0.717, 1.165) is 28.1 Å². The maximum Gasteiger partial charge on any atom is 0.287 e. The second-order valence-corrected chi connectivity index (χ2v) is 6.64. The highest BCUT2D eigenvalue weighted by molar-refractivity contribution is 9.10. The molecule has 1 N–H and O–H groups in total. The highest BCUT2D eigenvalue weighted by Crippen LogP contribution is 2.16. The van der Waals surface area contributed by atoms with E-state index in [4.69, 9.17) is 4.42 Å². The van der Waals surface area contributed by atoms with Crippen LogP contribution in [-0.2, 0) is 19.6 Å². The van der Waals surface area contributed by atoms with Gasteiger partial charge in [0.25, 0.3) is 5.91 Å². The average molecular weight is 406 g/mol. The number of carbonyl (C=O) groups is 1. The fourth-order valence-electron chi connectivity index (χ4n) is 2.65. The van der Waals surface area contributed by atoms with E-state index in [1.165, 1.54) is 0 Å². The first kappa shape index (κ1) is 17.5. The van der Waals surface area contributed by atoms with Gasteiger partial charge in [-0.1, -0.05) is 0 Å². The van der Waals surface area contributed by atoms with Crippen LogP contribution in [0.15, 0.2) is 33.3 Å². The molecule has 132 valence electrons. The number of furan rings is 1. The van der Waals surface area contributed by atoms with Gasteiger partial charge in [-0.05, 0) is 54.9 Å². The Kier molecular flexibility index (Phi) is 5.08. The van der Waals surface area contributed by atoms with E-state index in [1.807, 2.05) is 36.2 Å². The molecule has 25 heavy (non-hydrogen) atoms. The van der Waals surface area contributed by atoms with Gasteiger partial charge in [-0.3, -0.25) is 14.2 Å². The summed E-state index contributed by atoms with van der Waals surface area (Å²) in [6.07, 6.45) is 1.73. The summed E-state index contributed by atoms with van der Waals surface area (Å²) in [5.41, 5.74) is 2.93. The summed E-state index contributed by atoms with van der Waals surface area (Å²) >= 11 is 3.45. The van der Waals surface area contributed by atoms with E-state index in [-0.39, 0.29) is 11.7 Å². The molecule has 0 atom stereocenters. The lowest BCUT2D eigenvalue weighted by molar-refractivity contribution is 0.0920. The topological polar surface area (TPSA) is 77.9 Å². The molecule has 3 rings (SSSR count). The minimum Gasteiger partial charge on any atom is -0.454 e. The van der Waals surface area contributed by atoms with E-state index in [0.29, 0.717) is 18.8 Å². The van der Waals surface area contributed by atoms with E-state index >= 15 is 0 Å². The van der Waals surface area contributed by atoms with Crippen LogP contribution in [0.3, 0.4) is 0 Å². The van der Waals surface area contributed by atoms with Gasteiger partial charge in [0, 0.05) is 12.2 Å². The van der Waals surface area contributed by atoms with E-state index in [1.54, 1.807) is 18.3 Å². The van der Waals surface area contributed by atoms with Gasteiger partial charge in [0.15, 0.2) is 5.76 Å². The monoisotopic (exact) mass is 405 g/mol. The molecule has 0 bridgehead atoms. The molecule has 3 heterocycles. The third-order valence-electron chi connectivity index (χ3n) is 3.91. The number of halogens is 1. The fourth-order valence-corrected chi connectivity index (χ4v) is 3.09. The number of nitrogens with zero attached hydrogens (tertiary/aromatic N) is 4. The van der Waals surface area contributed by atoms with Crippen molar-refractivity contribution in [2.24, 2.45) is 0 Å². The lowest BCUT2D eigenvalue weighted by atomic mass is 10.3. The normalized spacial score (nSPS) is 11.0. The van der Waals surface area contributed by atoms with E-state index < -0.39 is 0 Å². The number of hydrogen-bond donors (Lipinski definition) is 1. The summed E-state index contributed by atoms with van der Waals surface area (Å²) < 4.78 is 10.2. The molecule has 3 aromatic heterocycles. The lowest BCUT2D eigenvalue weighted by Gasteiger charge is -2.07. The van der Waals surface area contributed by atoms with Crippen LogP contribution in [0.2, 0.25) is 0 Å². The maximum atomic E-state index is 12.3. The predicted octanol–water partition coefficient (Wildman–Crippen LogP) is 3.05. The van der Waals surface area contributed by atoms with E-state index in [2.05, 4.69) is 31.4 Å². The van der Waals surface area contributed by atoms with Crippen molar-refractivity contribution >= 4 is 21.8 Å². The van der Waals surface area contributed by atoms with E-state index in [9.17, 15) is 4.79 Å². The van der Waals surface area contributed by atoms with Crippen LogP contribution in [-0.4, -0.2) is 25.5 Å². The zero-order chi connectivity index (χ0) is 18.0. The fraction of sp³-hybridized carbons (Fsp3) is 0.353. The van der Waals surface area contributed by atoms with Crippen LogP contribution in [0.1, 0.15) is 40.3 Å². The van der Waals surface area contributed by atoms with Gasteiger partial charge in [-0.15, -0.1) is 0 Å². The van der Waals surface area contributed by atoms with Crippen LogP contribution < -0.4 is 5.32 Å². The van der Waals surface area contributed by atoms with Crippen molar-refractivity contribution in [2.45, 2.75) is 40.4 Å². The largest absolute Gasteiger partial charge is 0.454 e. The van der Waals surface area contributed by atoms with Crippen molar-refractivity contribution in [1.29, 1.82) is 0 Å². The molecule has 1 amide bonds. The molecule has 0 unspecified atom stereocenters. The van der Waals surface area contributed by atoms with Crippen molar-refractivity contribution in [3.8, 4) is 0 Å². The summed E-state index contributed by atoms with van der Waals surface area (Å²) in [5.74, 6) is 0.724. The van der Waals surface area contributed by atoms with Gasteiger partial charge in [0.2, 0.25) is 0 Å². The molecule has 0 aliphatic heterocycles. The SMILES string of the molecule is CCn1ncc(Br)c1CNC(=O)c1ccc(Cn2nc(C)cc2C)o1. The predicted molar refractivity (Wildman–Crippen MR) is 96.3 cm³/mol. The summed E-state index contributed by atoms with van der Waals surface area (Å²) in [6.45, 7) is 7.56. The summed E-state index contributed by atoms with van der Waals surface area (Å²) in [7, 11) is 0. The Morgan fingerprint density at radius 2 is 2.12 bits per heavy atom. The number of aromatic nitrogens is 4. The molecule has 3 aromatic rings. The van der Waals surface area contributed by atoms with Gasteiger partial charge >= 0.3 is 0 Å². The van der Waals surface area contributed by atoms with Gasteiger partial charge in [-0.2, -0.15) is 10.2 Å². The number of amides is 1. The third-order valence-corrected chi connectivity index (χ3v) is 4.57. The van der Waals surface area contributed by atoms with Crippen LogP contribution in [0, 0.1) is 13.8 Å². The van der Waals surface area contributed by atoms with Gasteiger partial charge < -0.3 is 9.73 Å². The maximum absolute atomic E-state index is 12.3. The van der Waals surface area contributed by atoms with Crippen LogP contribution in [0.25, 0.3) is 0 Å². The lowest BCUT2D eigenvalue weighted by Crippen LogP contribution is -2.24. The molecule has 0 saturated heterocycles. The van der Waals surface area contributed by atoms with Crippen molar-refractivity contribution in [3.63, 3.8) is 0 Å². The Bertz CT molecular complexity index is 893. The van der Waals surface area contributed by atoms with Crippen LogP contribution in [0.4, 0.5) is 0 Å². The molecular weight excluding hydrogens is 386 g/mol. The summed E-state index contributed by atoms with van der Waals surface area (Å²) in [6, 6.07) is 5.49. The van der Waals surface area contributed by atoms with Gasteiger partial charge in [0.1, 0.15) is 5.76 Å². The standard InChI is InChI=1S/C17H20BrN5O2/c1-4-22-15(14(18)8-20-22)9-19-17(24)16-6-5-13(25-16)10-23-12(3)7-11(2)21-23/h5-8H,4,9-10H2,1-3H3,(H,19,24). The Balaban J connectivity index is 1.64. The Morgan fingerprint density at radius 1 is 1.32 bits per heavy atom. The Morgan fingerprint density at radius 3 is 2.80 bits per heavy atom. The molecular formula is C17H20BrN5O2. The molecule has 0 fully saturated rings. The average Bonchev–Trinajstić information content (AvgIpc) is 3.26. The molecule has 0 aliphatic rings. The van der Waals surface area contributed by atoms with Crippen molar-refractivity contribution < 1.29 is 9.21 Å². The first-order chi connectivity index (χ1) is 12.0. The molecule has 0 aliphatic carbocycles. The Hall–Kier alpha value is -2.35. The zero-order valence-corrected chi connectivity index (χ0v) is 16.0. The summed E-state index contributed by atoms with van der Waals surface area (Å²) in [4.78, 5) is 12.3. The highest BCUT2D eigenvalue weighted by atomic mass is 79.9. The zero-order valence-electron chi connectivity index (χ0n) is 14.4. The molecule has 7 nitrogen and oxygen atoms in total. The number of hydrogen-bond acceptors (Lipinski definition) is 4. The minimum atomic E-state index is -0.254. The summed E-state index contributed by atoms with van der Waals surface area (Å²) in [5, 5.41) is 11.5. The first-order valence-corrected chi connectivity index (χ1v) is 8.85. The van der Waals surface area contributed by atoms with Crippen molar-refractivity contribution in [2.75, 3.05) is 0 Å². The molecule has 0 saturated carbocycles. The number of rotatable bonds is 6. The van der Waals surface area contributed by atoms with Crippen molar-refractivity contribution in [1.82, 2.24) is 24.9 Å². The molecule has 0 aromatic carbocycles. The van der Waals surface area contributed by atoms with Gasteiger partial charge in [-0.25, -0.2) is 0 Å². The second-order valence-electron chi connectivity index (χ2n) is 5.79. The first-order valence-electron chi connectivity index (χ1n) is 8.06. The van der Waals surface area contributed by atoms with Crippen molar-refractivity contribution in [3.05, 3.63) is 57.5 Å². The number of nitrogens with one attached hydrogen (secondary N) is 1. The number of carbonyl (C=O) groups excluding carboxylic acids is 1. The second kappa shape index (κ2) is 7.26. The molecule has 8 heteroatoms. The van der Waals surface area contributed by atoms with Crippen LogP contribution >= 0.6 is 15.9 Å². The quantitative estimate of drug-likeness (QED) is 0.683. The number of aryl methyl sites for hydroxylation is 3. The van der Waals surface area contributed by atoms with Crippen LogP contribution in [0.5, 0.6) is 0 Å². The highest BCUT2D eigenvalue weighted by Gasteiger charge is 2.14. The third kappa shape index (κ3) is 3.84. The molecule has 0 spiro atoms. The molecule has 0 radical (unpaired) electrons. The Labute approximate surface area is 154 Å².